The Kier molecular flexibility index (Phi) is 7.79. The fourth-order valence-corrected chi connectivity index (χ4v) is 4.65. The molecule has 3 N–H and O–H groups in total. The fraction of sp³-hybridized carbons (Fsp3) is 0.217. The second-order valence-electron chi connectivity index (χ2n) is 7.14. The van der Waals surface area contributed by atoms with Gasteiger partial charge in [0.2, 0.25) is 15.9 Å². The Hall–Kier alpha value is -3.01. The summed E-state index contributed by atoms with van der Waals surface area (Å²) >= 11 is 1.58. The molecule has 0 radical (unpaired) electrons. The van der Waals surface area contributed by atoms with Gasteiger partial charge in [-0.2, -0.15) is 0 Å². The molecule has 168 valence electrons. The molecule has 0 unspecified atom stereocenters. The number of hydrogen-bond acceptors (Lipinski definition) is 5. The summed E-state index contributed by atoms with van der Waals surface area (Å²) in [6, 6.07) is 14.9. The number of sulfonamides is 1. The van der Waals surface area contributed by atoms with E-state index in [0.29, 0.717) is 36.3 Å². The number of carbonyl (C=O) groups is 2. The Morgan fingerprint density at radius 1 is 1.00 bits per heavy atom. The summed E-state index contributed by atoms with van der Waals surface area (Å²) < 4.78 is 27.6. The molecule has 3 rings (SSSR count). The van der Waals surface area contributed by atoms with Crippen LogP contribution in [0.1, 0.15) is 34.1 Å². The van der Waals surface area contributed by atoms with Gasteiger partial charge in [-0.3, -0.25) is 9.59 Å². The maximum absolute atomic E-state index is 12.7. The first-order valence-corrected chi connectivity index (χ1v) is 12.5. The predicted octanol–water partition coefficient (Wildman–Crippen LogP) is 4.18. The Balaban J connectivity index is 1.64. The fourth-order valence-electron chi connectivity index (χ4n) is 2.91. The van der Waals surface area contributed by atoms with Gasteiger partial charge in [0.1, 0.15) is 0 Å². The van der Waals surface area contributed by atoms with Crippen molar-refractivity contribution in [1.29, 1.82) is 0 Å². The van der Waals surface area contributed by atoms with Crippen LogP contribution < -0.4 is 15.4 Å². The highest BCUT2D eigenvalue weighted by molar-refractivity contribution is 7.89. The van der Waals surface area contributed by atoms with Gasteiger partial charge in [-0.25, -0.2) is 13.1 Å². The molecular formula is C23H25N3O4S2. The zero-order valence-electron chi connectivity index (χ0n) is 17.8. The summed E-state index contributed by atoms with van der Waals surface area (Å²) in [4.78, 5) is 25.5. The molecule has 0 saturated carbocycles. The molecule has 0 bridgehead atoms. The zero-order valence-corrected chi connectivity index (χ0v) is 19.5. The van der Waals surface area contributed by atoms with Crippen LogP contribution >= 0.6 is 11.3 Å². The molecule has 9 heteroatoms. The molecule has 2 aromatic carbocycles. The quantitative estimate of drug-likeness (QED) is 0.435. The van der Waals surface area contributed by atoms with Crippen LogP contribution in [0.25, 0.3) is 0 Å². The molecule has 0 spiro atoms. The van der Waals surface area contributed by atoms with Crippen molar-refractivity contribution in [3.8, 4) is 0 Å². The smallest absolute Gasteiger partial charge is 0.255 e. The van der Waals surface area contributed by atoms with Crippen LogP contribution in [0.4, 0.5) is 11.4 Å². The first kappa shape index (κ1) is 23.6. The first-order chi connectivity index (χ1) is 15.3. The third-order valence-corrected chi connectivity index (χ3v) is 7.17. The van der Waals surface area contributed by atoms with E-state index in [9.17, 15) is 18.0 Å². The summed E-state index contributed by atoms with van der Waals surface area (Å²) in [7, 11) is -3.66. The van der Waals surface area contributed by atoms with E-state index in [-0.39, 0.29) is 16.7 Å². The van der Waals surface area contributed by atoms with Crippen molar-refractivity contribution in [2.45, 2.75) is 31.6 Å². The number of aryl methyl sites for hydroxylation is 1. The number of nitrogens with one attached hydrogen (secondary N) is 3. The summed E-state index contributed by atoms with van der Waals surface area (Å²) in [5.74, 6) is -0.492. The maximum atomic E-state index is 12.7. The van der Waals surface area contributed by atoms with Gasteiger partial charge in [0.25, 0.3) is 5.91 Å². The lowest BCUT2D eigenvalue weighted by molar-refractivity contribution is -0.115. The second kappa shape index (κ2) is 10.5. The third-order valence-electron chi connectivity index (χ3n) is 4.76. The van der Waals surface area contributed by atoms with E-state index in [1.807, 2.05) is 24.4 Å². The van der Waals surface area contributed by atoms with Gasteiger partial charge in [0.15, 0.2) is 0 Å². The SMILES string of the molecule is CCC(=O)Nc1ccc(C)c(NC(=O)c2ccc(S(=O)(=O)NCCc3cccs3)cc2)c1. The molecule has 32 heavy (non-hydrogen) atoms. The van der Waals surface area contributed by atoms with Crippen molar-refractivity contribution in [2.75, 3.05) is 17.2 Å². The van der Waals surface area contributed by atoms with E-state index in [1.165, 1.54) is 24.3 Å². The number of amides is 2. The molecule has 0 atom stereocenters. The highest BCUT2D eigenvalue weighted by Gasteiger charge is 2.15. The van der Waals surface area contributed by atoms with Crippen LogP contribution in [-0.4, -0.2) is 26.8 Å². The number of thiophene rings is 1. The standard InChI is InChI=1S/C23H25N3O4S2/c1-3-22(27)25-18-9-6-16(2)21(15-18)26-23(28)17-7-10-20(11-8-17)32(29,30)24-13-12-19-5-4-14-31-19/h4-11,14-15,24H,3,12-13H2,1-2H3,(H,25,27)(H,26,28). The molecule has 2 amide bonds. The van der Waals surface area contributed by atoms with Gasteiger partial charge in [-0.15, -0.1) is 11.3 Å². The molecule has 1 heterocycles. The molecule has 3 aromatic rings. The van der Waals surface area contributed by atoms with Crippen molar-refractivity contribution >= 4 is 44.5 Å². The van der Waals surface area contributed by atoms with E-state index in [0.717, 1.165) is 10.4 Å². The average molecular weight is 472 g/mol. The number of rotatable bonds is 9. The van der Waals surface area contributed by atoms with Gasteiger partial charge in [0, 0.05) is 34.8 Å². The van der Waals surface area contributed by atoms with E-state index in [1.54, 1.807) is 36.5 Å². The van der Waals surface area contributed by atoms with Crippen LogP contribution in [0, 0.1) is 6.92 Å². The second-order valence-corrected chi connectivity index (χ2v) is 9.94. The molecule has 0 aliphatic carbocycles. The monoisotopic (exact) mass is 471 g/mol. The zero-order chi connectivity index (χ0) is 23.1. The van der Waals surface area contributed by atoms with Gasteiger partial charge < -0.3 is 10.6 Å². The molecule has 0 aliphatic rings. The predicted molar refractivity (Wildman–Crippen MR) is 128 cm³/mol. The van der Waals surface area contributed by atoms with Gasteiger partial charge >= 0.3 is 0 Å². The number of carbonyl (C=O) groups excluding carboxylic acids is 2. The normalized spacial score (nSPS) is 11.2. The minimum absolute atomic E-state index is 0.0979. The van der Waals surface area contributed by atoms with E-state index >= 15 is 0 Å². The van der Waals surface area contributed by atoms with E-state index in [2.05, 4.69) is 15.4 Å². The Labute approximate surface area is 191 Å². The number of hydrogen-bond donors (Lipinski definition) is 3. The minimum Gasteiger partial charge on any atom is -0.326 e. The summed E-state index contributed by atoms with van der Waals surface area (Å²) in [6.45, 7) is 3.91. The highest BCUT2D eigenvalue weighted by atomic mass is 32.2. The molecule has 7 nitrogen and oxygen atoms in total. The van der Waals surface area contributed by atoms with Crippen molar-refractivity contribution in [3.05, 3.63) is 76.0 Å². The van der Waals surface area contributed by atoms with Crippen molar-refractivity contribution < 1.29 is 18.0 Å². The van der Waals surface area contributed by atoms with E-state index < -0.39 is 10.0 Å². The molecule has 0 fully saturated rings. The lowest BCUT2D eigenvalue weighted by Crippen LogP contribution is -2.26. The van der Waals surface area contributed by atoms with Crippen molar-refractivity contribution in [1.82, 2.24) is 4.72 Å². The number of benzene rings is 2. The van der Waals surface area contributed by atoms with Crippen LogP contribution in [0.5, 0.6) is 0 Å². The molecular weight excluding hydrogens is 446 g/mol. The Bertz CT molecular complexity index is 1190. The maximum Gasteiger partial charge on any atom is 0.255 e. The molecule has 0 saturated heterocycles. The topological polar surface area (TPSA) is 104 Å². The minimum atomic E-state index is -3.66. The largest absolute Gasteiger partial charge is 0.326 e. The van der Waals surface area contributed by atoms with Crippen LogP contribution in [0.15, 0.2) is 64.9 Å². The highest BCUT2D eigenvalue weighted by Crippen LogP contribution is 2.22. The van der Waals surface area contributed by atoms with E-state index in [4.69, 9.17) is 0 Å². The number of anilines is 2. The summed E-state index contributed by atoms with van der Waals surface area (Å²) in [6.07, 6.45) is 0.974. The first-order valence-electron chi connectivity index (χ1n) is 10.1. The third kappa shape index (κ3) is 6.25. The lowest BCUT2D eigenvalue weighted by atomic mass is 10.1. The summed E-state index contributed by atoms with van der Waals surface area (Å²) in [5.41, 5.74) is 2.32. The lowest BCUT2D eigenvalue weighted by Gasteiger charge is -2.12. The Morgan fingerprint density at radius 2 is 1.75 bits per heavy atom. The molecule has 1 aromatic heterocycles. The Morgan fingerprint density at radius 3 is 2.41 bits per heavy atom. The van der Waals surface area contributed by atoms with Crippen LogP contribution in [0.3, 0.4) is 0 Å². The van der Waals surface area contributed by atoms with Gasteiger partial charge in [-0.1, -0.05) is 19.1 Å². The molecule has 0 aliphatic heterocycles. The van der Waals surface area contributed by atoms with Crippen molar-refractivity contribution in [3.63, 3.8) is 0 Å². The van der Waals surface area contributed by atoms with Gasteiger partial charge in [-0.05, 0) is 66.8 Å². The summed E-state index contributed by atoms with van der Waals surface area (Å²) in [5, 5.41) is 7.52. The van der Waals surface area contributed by atoms with Crippen LogP contribution in [-0.2, 0) is 21.2 Å². The van der Waals surface area contributed by atoms with Crippen LogP contribution in [0.2, 0.25) is 0 Å². The van der Waals surface area contributed by atoms with Crippen molar-refractivity contribution in [2.24, 2.45) is 0 Å². The average Bonchev–Trinajstić information content (AvgIpc) is 3.29. The van der Waals surface area contributed by atoms with Gasteiger partial charge in [0.05, 0.1) is 4.90 Å².